The van der Waals surface area contributed by atoms with Crippen LogP contribution in [-0.4, -0.2) is 18.5 Å². The predicted octanol–water partition coefficient (Wildman–Crippen LogP) is 3.90. The van der Waals surface area contributed by atoms with Crippen LogP contribution in [0.1, 0.15) is 59.8 Å². The van der Waals surface area contributed by atoms with Crippen LogP contribution in [0.4, 0.5) is 0 Å². The molecule has 0 saturated carbocycles. The zero-order chi connectivity index (χ0) is 12.4. The molecule has 0 unspecified atom stereocenters. The molecular weight excluding hydrogens is 200 g/mol. The van der Waals surface area contributed by atoms with Crippen molar-refractivity contribution in [1.29, 1.82) is 0 Å². The van der Waals surface area contributed by atoms with Gasteiger partial charge in [0.2, 0.25) is 0 Å². The highest BCUT2D eigenvalue weighted by Crippen LogP contribution is 2.18. The summed E-state index contributed by atoms with van der Waals surface area (Å²) < 4.78 is 5.76. The van der Waals surface area contributed by atoms with Gasteiger partial charge in [-0.15, -0.1) is 0 Å². The summed E-state index contributed by atoms with van der Waals surface area (Å²) in [5.41, 5.74) is 1.37. The highest BCUT2D eigenvalue weighted by Gasteiger charge is 2.16. The van der Waals surface area contributed by atoms with Gasteiger partial charge in [0.15, 0.2) is 0 Å². The summed E-state index contributed by atoms with van der Waals surface area (Å²) in [6.07, 6.45) is 7.90. The number of carbonyl (C=O) groups is 1. The van der Waals surface area contributed by atoms with Crippen LogP contribution in [0.3, 0.4) is 0 Å². The van der Waals surface area contributed by atoms with E-state index in [-0.39, 0.29) is 5.60 Å². The summed E-state index contributed by atoms with van der Waals surface area (Å²) in [6.45, 7) is 9.25. The second-order valence-corrected chi connectivity index (χ2v) is 4.86. The summed E-state index contributed by atoms with van der Waals surface area (Å²) in [5.74, 6) is 0. The number of aldehydes is 1. The first-order valence-corrected chi connectivity index (χ1v) is 6.25. The van der Waals surface area contributed by atoms with Crippen LogP contribution in [0.25, 0.3) is 0 Å². The van der Waals surface area contributed by atoms with Crippen molar-refractivity contribution in [2.24, 2.45) is 0 Å². The van der Waals surface area contributed by atoms with Crippen LogP contribution in [-0.2, 0) is 9.53 Å². The Bertz CT molecular complexity index is 217. The first kappa shape index (κ1) is 15.4. The Morgan fingerprint density at radius 2 is 2.00 bits per heavy atom. The molecule has 0 aliphatic rings. The van der Waals surface area contributed by atoms with Gasteiger partial charge in [-0.25, -0.2) is 0 Å². The van der Waals surface area contributed by atoms with E-state index in [0.717, 1.165) is 32.0 Å². The molecule has 0 heterocycles. The maximum absolute atomic E-state index is 10.1. The van der Waals surface area contributed by atoms with Crippen LogP contribution in [0.2, 0.25) is 0 Å². The van der Waals surface area contributed by atoms with Crippen LogP contribution in [0, 0.1) is 0 Å². The summed E-state index contributed by atoms with van der Waals surface area (Å²) in [7, 11) is 0. The zero-order valence-electron chi connectivity index (χ0n) is 11.2. The SMILES string of the molecule is CCC(C)=CCCC(C)(C)OCCCC=O. The number of allylic oxidation sites excluding steroid dienone is 2. The lowest BCUT2D eigenvalue weighted by Crippen LogP contribution is -2.24. The molecule has 2 nitrogen and oxygen atoms in total. The molecule has 0 bridgehead atoms. The molecule has 0 aliphatic carbocycles. The van der Waals surface area contributed by atoms with E-state index < -0.39 is 0 Å². The van der Waals surface area contributed by atoms with Gasteiger partial charge in [-0.1, -0.05) is 18.6 Å². The Labute approximate surface area is 100 Å². The van der Waals surface area contributed by atoms with E-state index in [1.165, 1.54) is 5.57 Å². The number of rotatable bonds is 9. The fourth-order valence-corrected chi connectivity index (χ4v) is 1.40. The first-order valence-electron chi connectivity index (χ1n) is 6.25. The third-order valence-corrected chi connectivity index (χ3v) is 2.76. The van der Waals surface area contributed by atoms with Gasteiger partial charge >= 0.3 is 0 Å². The lowest BCUT2D eigenvalue weighted by Gasteiger charge is -2.24. The summed E-state index contributed by atoms with van der Waals surface area (Å²) in [4.78, 5) is 10.1. The Kier molecular flexibility index (Phi) is 8.18. The molecule has 0 amide bonds. The predicted molar refractivity (Wildman–Crippen MR) is 68.6 cm³/mol. The Morgan fingerprint density at radius 1 is 1.31 bits per heavy atom. The van der Waals surface area contributed by atoms with E-state index in [1.807, 2.05) is 0 Å². The van der Waals surface area contributed by atoms with E-state index in [4.69, 9.17) is 4.74 Å². The fourth-order valence-electron chi connectivity index (χ4n) is 1.40. The van der Waals surface area contributed by atoms with E-state index in [1.54, 1.807) is 0 Å². The molecule has 0 aromatic heterocycles. The zero-order valence-corrected chi connectivity index (χ0v) is 11.2. The van der Waals surface area contributed by atoms with Crippen molar-refractivity contribution in [1.82, 2.24) is 0 Å². The number of hydrogen-bond acceptors (Lipinski definition) is 2. The highest BCUT2D eigenvalue weighted by atomic mass is 16.5. The maximum atomic E-state index is 10.1. The molecule has 0 atom stereocenters. The molecule has 16 heavy (non-hydrogen) atoms. The second-order valence-electron chi connectivity index (χ2n) is 4.86. The Balaban J connectivity index is 3.73. The third-order valence-electron chi connectivity index (χ3n) is 2.76. The third kappa shape index (κ3) is 8.66. The molecule has 94 valence electrons. The normalized spacial score (nSPS) is 12.9. The summed E-state index contributed by atoms with van der Waals surface area (Å²) in [6, 6.07) is 0. The van der Waals surface area contributed by atoms with E-state index in [0.29, 0.717) is 13.0 Å². The van der Waals surface area contributed by atoms with Crippen LogP contribution in [0.15, 0.2) is 11.6 Å². The van der Waals surface area contributed by atoms with Crippen molar-refractivity contribution in [3.8, 4) is 0 Å². The molecule has 0 N–H and O–H groups in total. The largest absolute Gasteiger partial charge is 0.376 e. The van der Waals surface area contributed by atoms with Crippen molar-refractivity contribution in [2.45, 2.75) is 65.4 Å². The molecule has 2 heteroatoms. The average Bonchev–Trinajstić information content (AvgIpc) is 2.24. The minimum Gasteiger partial charge on any atom is -0.376 e. The fraction of sp³-hybridized carbons (Fsp3) is 0.786. The standard InChI is InChI=1S/C14H26O2/c1-5-13(2)9-8-10-14(3,4)16-12-7-6-11-15/h9,11H,5-8,10,12H2,1-4H3. The van der Waals surface area contributed by atoms with E-state index in [2.05, 4.69) is 33.8 Å². The monoisotopic (exact) mass is 226 g/mol. The molecule has 0 aromatic carbocycles. The van der Waals surface area contributed by atoms with Crippen LogP contribution >= 0.6 is 0 Å². The molecule has 0 radical (unpaired) electrons. The minimum absolute atomic E-state index is 0.0760. The Morgan fingerprint density at radius 3 is 2.56 bits per heavy atom. The number of hydrogen-bond donors (Lipinski definition) is 0. The van der Waals surface area contributed by atoms with Gasteiger partial charge in [-0.3, -0.25) is 0 Å². The summed E-state index contributed by atoms with van der Waals surface area (Å²) >= 11 is 0. The van der Waals surface area contributed by atoms with Crippen LogP contribution < -0.4 is 0 Å². The van der Waals surface area contributed by atoms with Gasteiger partial charge in [0.05, 0.1) is 5.60 Å². The first-order chi connectivity index (χ1) is 7.52. The van der Waals surface area contributed by atoms with Gasteiger partial charge in [-0.05, 0) is 46.5 Å². The Hall–Kier alpha value is -0.630. The lowest BCUT2D eigenvalue weighted by molar-refractivity contribution is -0.108. The number of ether oxygens (including phenoxy) is 1. The van der Waals surface area contributed by atoms with Crippen molar-refractivity contribution in [3.05, 3.63) is 11.6 Å². The van der Waals surface area contributed by atoms with Crippen LogP contribution in [0.5, 0.6) is 0 Å². The highest BCUT2D eigenvalue weighted by molar-refractivity contribution is 5.48. The van der Waals surface area contributed by atoms with Gasteiger partial charge < -0.3 is 9.53 Å². The average molecular weight is 226 g/mol. The van der Waals surface area contributed by atoms with Crippen molar-refractivity contribution >= 4 is 6.29 Å². The smallest absolute Gasteiger partial charge is 0.120 e. The number of unbranched alkanes of at least 4 members (excludes halogenated alkanes) is 1. The topological polar surface area (TPSA) is 26.3 Å². The molecule has 0 rings (SSSR count). The van der Waals surface area contributed by atoms with E-state index >= 15 is 0 Å². The molecule has 0 aliphatic heterocycles. The molecule has 0 spiro atoms. The number of carbonyl (C=O) groups excluding carboxylic acids is 1. The van der Waals surface area contributed by atoms with Gasteiger partial charge in [0.1, 0.15) is 6.29 Å². The molecule has 0 aromatic rings. The minimum atomic E-state index is -0.0760. The molecule has 0 saturated heterocycles. The lowest BCUT2D eigenvalue weighted by atomic mass is 10.0. The van der Waals surface area contributed by atoms with Crippen molar-refractivity contribution in [3.63, 3.8) is 0 Å². The van der Waals surface area contributed by atoms with Crippen molar-refractivity contribution in [2.75, 3.05) is 6.61 Å². The van der Waals surface area contributed by atoms with Gasteiger partial charge in [-0.2, -0.15) is 0 Å². The molecular formula is C14H26O2. The van der Waals surface area contributed by atoms with Gasteiger partial charge in [0.25, 0.3) is 0 Å². The summed E-state index contributed by atoms with van der Waals surface area (Å²) in [5, 5.41) is 0. The molecule has 0 fully saturated rings. The maximum Gasteiger partial charge on any atom is 0.120 e. The second kappa shape index (κ2) is 8.51. The van der Waals surface area contributed by atoms with Crippen molar-refractivity contribution < 1.29 is 9.53 Å². The van der Waals surface area contributed by atoms with Gasteiger partial charge in [0, 0.05) is 13.0 Å². The quantitative estimate of drug-likeness (QED) is 0.338. The van der Waals surface area contributed by atoms with E-state index in [9.17, 15) is 4.79 Å².